The number of nitrogens with two attached hydrogens (primary N) is 1. The van der Waals surface area contributed by atoms with Crippen LogP contribution in [0.25, 0.3) is 0 Å². The van der Waals surface area contributed by atoms with E-state index >= 15 is 0 Å². The lowest BCUT2D eigenvalue weighted by Gasteiger charge is -2.04. The smallest absolute Gasteiger partial charge is 0.0952 e. The van der Waals surface area contributed by atoms with Crippen molar-refractivity contribution in [2.45, 2.75) is 13.0 Å². The predicted octanol–water partition coefficient (Wildman–Crippen LogP) is 2.09. The van der Waals surface area contributed by atoms with Crippen molar-refractivity contribution in [3.8, 4) is 0 Å². The molecular formula is C12H14ClN3. The number of halogens is 1. The minimum Gasteiger partial charge on any atom is -0.333 e. The highest BCUT2D eigenvalue weighted by molar-refractivity contribution is 6.31. The van der Waals surface area contributed by atoms with Crippen LogP contribution in [0.5, 0.6) is 0 Å². The van der Waals surface area contributed by atoms with Crippen LogP contribution in [0.3, 0.4) is 0 Å². The first-order valence-corrected chi connectivity index (χ1v) is 5.61. The van der Waals surface area contributed by atoms with E-state index < -0.39 is 0 Å². The van der Waals surface area contributed by atoms with E-state index in [1.165, 1.54) is 0 Å². The van der Waals surface area contributed by atoms with Gasteiger partial charge in [0.15, 0.2) is 0 Å². The minimum absolute atomic E-state index is 0.628. The summed E-state index contributed by atoms with van der Waals surface area (Å²) in [7, 11) is 0. The number of rotatable bonds is 4. The minimum atomic E-state index is 0.628. The quantitative estimate of drug-likeness (QED) is 0.882. The van der Waals surface area contributed by atoms with Gasteiger partial charge in [-0.25, -0.2) is 4.98 Å². The molecule has 0 aliphatic carbocycles. The van der Waals surface area contributed by atoms with Gasteiger partial charge in [-0.05, 0) is 18.2 Å². The van der Waals surface area contributed by atoms with E-state index in [4.69, 9.17) is 17.3 Å². The average molecular weight is 236 g/mol. The maximum atomic E-state index is 6.09. The summed E-state index contributed by atoms with van der Waals surface area (Å²) in [6.45, 7) is 1.38. The summed E-state index contributed by atoms with van der Waals surface area (Å²) in [6.07, 6.45) is 4.64. The average Bonchev–Trinajstić information content (AvgIpc) is 2.70. The van der Waals surface area contributed by atoms with Crippen molar-refractivity contribution >= 4 is 11.6 Å². The van der Waals surface area contributed by atoms with Crippen molar-refractivity contribution in [3.05, 3.63) is 53.1 Å². The lowest BCUT2D eigenvalue weighted by molar-refractivity contribution is 0.796. The molecule has 0 unspecified atom stereocenters. The molecule has 1 aromatic carbocycles. The van der Waals surface area contributed by atoms with Crippen molar-refractivity contribution in [2.75, 3.05) is 6.54 Å². The summed E-state index contributed by atoms with van der Waals surface area (Å²) in [5, 5.41) is 0.788. The lowest BCUT2D eigenvalue weighted by atomic mass is 10.2. The Kier molecular flexibility index (Phi) is 3.59. The number of hydrogen-bond acceptors (Lipinski definition) is 2. The van der Waals surface area contributed by atoms with E-state index in [0.29, 0.717) is 6.54 Å². The highest BCUT2D eigenvalue weighted by atomic mass is 35.5. The highest BCUT2D eigenvalue weighted by Crippen LogP contribution is 2.16. The maximum Gasteiger partial charge on any atom is 0.0952 e. The van der Waals surface area contributed by atoms with Crippen LogP contribution in [0, 0.1) is 0 Å². The Bertz CT molecular complexity index is 465. The first-order valence-electron chi connectivity index (χ1n) is 5.23. The molecule has 0 radical (unpaired) electrons. The Balaban J connectivity index is 2.11. The number of imidazole rings is 1. The molecule has 0 bridgehead atoms. The molecule has 0 amide bonds. The summed E-state index contributed by atoms with van der Waals surface area (Å²) >= 11 is 6.09. The van der Waals surface area contributed by atoms with Gasteiger partial charge in [-0.2, -0.15) is 0 Å². The predicted molar refractivity (Wildman–Crippen MR) is 65.5 cm³/mol. The zero-order chi connectivity index (χ0) is 11.4. The molecule has 0 saturated heterocycles. The molecular weight excluding hydrogens is 222 g/mol. The van der Waals surface area contributed by atoms with Crippen LogP contribution in [0.2, 0.25) is 5.02 Å². The van der Waals surface area contributed by atoms with Crippen LogP contribution in [-0.4, -0.2) is 16.1 Å². The number of hydrogen-bond donors (Lipinski definition) is 1. The lowest BCUT2D eigenvalue weighted by Crippen LogP contribution is -2.02. The maximum absolute atomic E-state index is 6.09. The van der Waals surface area contributed by atoms with E-state index in [0.717, 1.165) is 29.2 Å². The van der Waals surface area contributed by atoms with Crippen molar-refractivity contribution in [1.82, 2.24) is 9.55 Å². The topological polar surface area (TPSA) is 43.8 Å². The molecule has 4 heteroatoms. The fourth-order valence-corrected chi connectivity index (χ4v) is 1.79. The summed E-state index contributed by atoms with van der Waals surface area (Å²) in [5.41, 5.74) is 7.60. The molecule has 84 valence electrons. The SMILES string of the molecule is NCCc1cn(Cc2ccccc2Cl)cn1. The molecule has 2 aromatic rings. The summed E-state index contributed by atoms with van der Waals surface area (Å²) in [6, 6.07) is 7.83. The molecule has 1 heterocycles. The third kappa shape index (κ3) is 2.62. The Morgan fingerprint density at radius 2 is 2.12 bits per heavy atom. The fourth-order valence-electron chi connectivity index (χ4n) is 1.59. The van der Waals surface area contributed by atoms with Gasteiger partial charge < -0.3 is 10.3 Å². The normalized spacial score (nSPS) is 10.6. The van der Waals surface area contributed by atoms with Gasteiger partial charge in [0.1, 0.15) is 0 Å². The van der Waals surface area contributed by atoms with Gasteiger partial charge in [-0.1, -0.05) is 29.8 Å². The van der Waals surface area contributed by atoms with Crippen LogP contribution in [0.15, 0.2) is 36.8 Å². The van der Waals surface area contributed by atoms with Crippen molar-refractivity contribution < 1.29 is 0 Å². The Hall–Kier alpha value is -1.32. The molecule has 3 nitrogen and oxygen atoms in total. The molecule has 1 aromatic heterocycles. The van der Waals surface area contributed by atoms with Gasteiger partial charge in [-0.3, -0.25) is 0 Å². The molecule has 16 heavy (non-hydrogen) atoms. The monoisotopic (exact) mass is 235 g/mol. The van der Waals surface area contributed by atoms with Gasteiger partial charge in [0.25, 0.3) is 0 Å². The standard InChI is InChI=1S/C12H14ClN3/c13-12-4-2-1-3-10(12)7-16-8-11(5-6-14)15-9-16/h1-4,8-9H,5-7,14H2. The molecule has 0 aliphatic rings. The molecule has 2 N–H and O–H groups in total. The van der Waals surface area contributed by atoms with Crippen LogP contribution in [0.1, 0.15) is 11.3 Å². The van der Waals surface area contributed by atoms with E-state index in [2.05, 4.69) is 4.98 Å². The molecule has 0 aliphatic heterocycles. The third-order valence-electron chi connectivity index (χ3n) is 2.40. The molecule has 0 spiro atoms. The van der Waals surface area contributed by atoms with Gasteiger partial charge in [0.05, 0.1) is 12.0 Å². The van der Waals surface area contributed by atoms with Crippen LogP contribution in [-0.2, 0) is 13.0 Å². The zero-order valence-corrected chi connectivity index (χ0v) is 9.69. The fraction of sp³-hybridized carbons (Fsp3) is 0.250. The summed E-state index contributed by atoms with van der Waals surface area (Å²) in [5.74, 6) is 0. The number of benzene rings is 1. The molecule has 0 fully saturated rings. The first-order chi connectivity index (χ1) is 7.79. The first kappa shape index (κ1) is 11.2. The number of nitrogens with zero attached hydrogens (tertiary/aromatic N) is 2. The van der Waals surface area contributed by atoms with E-state index in [9.17, 15) is 0 Å². The third-order valence-corrected chi connectivity index (χ3v) is 2.77. The van der Waals surface area contributed by atoms with Gasteiger partial charge in [0.2, 0.25) is 0 Å². The summed E-state index contributed by atoms with van der Waals surface area (Å²) in [4.78, 5) is 4.27. The number of aromatic nitrogens is 2. The Morgan fingerprint density at radius 1 is 1.31 bits per heavy atom. The Morgan fingerprint density at radius 3 is 2.88 bits per heavy atom. The van der Waals surface area contributed by atoms with E-state index in [1.807, 2.05) is 41.4 Å². The van der Waals surface area contributed by atoms with Crippen molar-refractivity contribution in [3.63, 3.8) is 0 Å². The second kappa shape index (κ2) is 5.14. The highest BCUT2D eigenvalue weighted by Gasteiger charge is 2.01. The van der Waals surface area contributed by atoms with Gasteiger partial charge in [-0.15, -0.1) is 0 Å². The van der Waals surface area contributed by atoms with Crippen LogP contribution < -0.4 is 5.73 Å². The van der Waals surface area contributed by atoms with Crippen molar-refractivity contribution in [2.24, 2.45) is 5.73 Å². The van der Waals surface area contributed by atoms with Gasteiger partial charge >= 0.3 is 0 Å². The van der Waals surface area contributed by atoms with Gasteiger partial charge in [0, 0.05) is 24.2 Å². The van der Waals surface area contributed by atoms with E-state index in [-0.39, 0.29) is 0 Å². The molecule has 2 rings (SSSR count). The zero-order valence-electron chi connectivity index (χ0n) is 8.94. The summed E-state index contributed by atoms with van der Waals surface area (Å²) < 4.78 is 2.02. The second-order valence-corrected chi connectivity index (χ2v) is 4.07. The largest absolute Gasteiger partial charge is 0.333 e. The molecule has 0 saturated carbocycles. The van der Waals surface area contributed by atoms with Crippen molar-refractivity contribution in [1.29, 1.82) is 0 Å². The van der Waals surface area contributed by atoms with Crippen LogP contribution >= 0.6 is 11.6 Å². The van der Waals surface area contributed by atoms with E-state index in [1.54, 1.807) is 0 Å². The second-order valence-electron chi connectivity index (χ2n) is 3.67. The Labute approximate surface area is 99.9 Å². The molecule has 0 atom stereocenters. The van der Waals surface area contributed by atoms with Crippen LogP contribution in [0.4, 0.5) is 0 Å².